The molecule has 1 aliphatic rings. The molecule has 0 saturated carbocycles. The van der Waals surface area contributed by atoms with Gasteiger partial charge in [0.15, 0.2) is 0 Å². The van der Waals surface area contributed by atoms with Crippen LogP contribution in [-0.2, 0) is 0 Å². The van der Waals surface area contributed by atoms with Crippen molar-refractivity contribution in [2.45, 2.75) is 72.4 Å². The van der Waals surface area contributed by atoms with Crippen molar-refractivity contribution in [2.75, 3.05) is 39.8 Å². The second kappa shape index (κ2) is 7.94. The fourth-order valence-electron chi connectivity index (χ4n) is 3.15. The molecule has 2 atom stereocenters. The molecule has 0 spiro atoms. The average Bonchev–Trinajstić information content (AvgIpc) is 2.57. The van der Waals surface area contributed by atoms with Gasteiger partial charge in [0.2, 0.25) is 0 Å². The number of nitrogens with one attached hydrogen (secondary N) is 1. The number of nitrogens with zero attached hydrogens (tertiary/aromatic N) is 2. The van der Waals surface area contributed by atoms with Gasteiger partial charge in [-0.15, -0.1) is 0 Å². The van der Waals surface area contributed by atoms with Gasteiger partial charge < -0.3 is 10.2 Å². The first-order chi connectivity index (χ1) is 9.69. The van der Waals surface area contributed by atoms with Gasteiger partial charge in [-0.25, -0.2) is 0 Å². The first-order valence-electron chi connectivity index (χ1n) is 8.87. The third-order valence-corrected chi connectivity index (χ3v) is 4.98. The number of hydrogen-bond acceptors (Lipinski definition) is 3. The van der Waals surface area contributed by atoms with Crippen LogP contribution >= 0.6 is 0 Å². The van der Waals surface area contributed by atoms with Crippen LogP contribution in [0, 0.1) is 5.41 Å². The van der Waals surface area contributed by atoms with Crippen molar-refractivity contribution in [3.63, 3.8) is 0 Å². The van der Waals surface area contributed by atoms with Crippen molar-refractivity contribution >= 4 is 0 Å². The highest BCUT2D eigenvalue weighted by Crippen LogP contribution is 2.25. The Morgan fingerprint density at radius 3 is 2.29 bits per heavy atom. The second-order valence-electron chi connectivity index (χ2n) is 8.42. The molecule has 3 nitrogen and oxygen atoms in total. The van der Waals surface area contributed by atoms with Crippen molar-refractivity contribution in [3.05, 3.63) is 0 Å². The lowest BCUT2D eigenvalue weighted by Crippen LogP contribution is -2.50. The van der Waals surface area contributed by atoms with E-state index < -0.39 is 0 Å². The van der Waals surface area contributed by atoms with Crippen molar-refractivity contribution in [1.82, 2.24) is 15.1 Å². The number of likely N-dealkylation sites (N-methyl/N-ethyl adjacent to an activating group) is 1. The van der Waals surface area contributed by atoms with Crippen molar-refractivity contribution in [1.29, 1.82) is 0 Å². The lowest BCUT2D eigenvalue weighted by Gasteiger charge is -2.40. The Kier molecular flexibility index (Phi) is 7.15. The molecule has 0 radical (unpaired) electrons. The highest BCUT2D eigenvalue weighted by atomic mass is 15.2. The van der Waals surface area contributed by atoms with Crippen LogP contribution in [0.2, 0.25) is 0 Å². The van der Waals surface area contributed by atoms with Crippen LogP contribution in [0.5, 0.6) is 0 Å². The summed E-state index contributed by atoms with van der Waals surface area (Å²) in [4.78, 5) is 5.27. The Hall–Kier alpha value is -0.120. The van der Waals surface area contributed by atoms with E-state index in [1.165, 1.54) is 45.4 Å². The molecule has 3 heteroatoms. The van der Waals surface area contributed by atoms with E-state index in [1.807, 2.05) is 0 Å². The molecule has 21 heavy (non-hydrogen) atoms. The topological polar surface area (TPSA) is 18.5 Å². The molecule has 0 bridgehead atoms. The number of hydrogen-bond donors (Lipinski definition) is 1. The molecular weight excluding hydrogens is 258 g/mol. The van der Waals surface area contributed by atoms with Gasteiger partial charge in [0.25, 0.3) is 0 Å². The summed E-state index contributed by atoms with van der Waals surface area (Å²) < 4.78 is 0. The van der Waals surface area contributed by atoms with Gasteiger partial charge in [-0.1, -0.05) is 20.8 Å². The fraction of sp³-hybridized carbons (Fsp3) is 1.00. The SMILES string of the molecule is CCC1CN(C)CCCN1CC(C)(CC)CNC(C)(C)C. The minimum atomic E-state index is 0.208. The Balaban J connectivity index is 2.68. The third-order valence-electron chi connectivity index (χ3n) is 4.98. The molecule has 0 aromatic rings. The average molecular weight is 298 g/mol. The maximum atomic E-state index is 3.72. The Morgan fingerprint density at radius 1 is 1.10 bits per heavy atom. The number of rotatable bonds is 6. The molecule has 0 aromatic carbocycles. The molecule has 1 fully saturated rings. The molecule has 0 amide bonds. The Morgan fingerprint density at radius 2 is 1.76 bits per heavy atom. The van der Waals surface area contributed by atoms with E-state index >= 15 is 0 Å². The van der Waals surface area contributed by atoms with E-state index in [2.05, 4.69) is 63.7 Å². The first kappa shape index (κ1) is 18.9. The van der Waals surface area contributed by atoms with E-state index in [-0.39, 0.29) is 5.54 Å². The summed E-state index contributed by atoms with van der Waals surface area (Å²) in [6.45, 7) is 20.0. The predicted octanol–water partition coefficient (Wildman–Crippen LogP) is 3.21. The normalized spacial score (nSPS) is 25.6. The van der Waals surface area contributed by atoms with Gasteiger partial charge in [0.1, 0.15) is 0 Å². The van der Waals surface area contributed by atoms with Crippen molar-refractivity contribution < 1.29 is 0 Å². The molecule has 1 rings (SSSR count). The van der Waals surface area contributed by atoms with E-state index in [0.717, 1.165) is 12.6 Å². The summed E-state index contributed by atoms with van der Waals surface area (Å²) in [6.07, 6.45) is 3.80. The Labute approximate surface area is 133 Å². The lowest BCUT2D eigenvalue weighted by molar-refractivity contribution is 0.105. The summed E-state index contributed by atoms with van der Waals surface area (Å²) in [7, 11) is 2.27. The van der Waals surface area contributed by atoms with Crippen LogP contribution in [0.4, 0.5) is 0 Å². The monoisotopic (exact) mass is 297 g/mol. The smallest absolute Gasteiger partial charge is 0.0220 e. The van der Waals surface area contributed by atoms with Gasteiger partial charge in [0, 0.05) is 31.2 Å². The van der Waals surface area contributed by atoms with Gasteiger partial charge in [-0.3, -0.25) is 4.90 Å². The van der Waals surface area contributed by atoms with Gasteiger partial charge in [-0.2, -0.15) is 0 Å². The molecule has 1 N–H and O–H groups in total. The molecule has 0 aliphatic carbocycles. The standard InChI is InChI=1S/C18H39N3/c1-8-16-13-20(7)11-10-12-21(16)15-18(6,9-2)14-19-17(3,4)5/h16,19H,8-15H2,1-7H3. The summed E-state index contributed by atoms with van der Waals surface area (Å²) >= 11 is 0. The fourth-order valence-corrected chi connectivity index (χ4v) is 3.15. The molecule has 126 valence electrons. The van der Waals surface area contributed by atoms with E-state index in [4.69, 9.17) is 0 Å². The Bertz CT molecular complexity index is 297. The quantitative estimate of drug-likeness (QED) is 0.812. The second-order valence-corrected chi connectivity index (χ2v) is 8.42. The van der Waals surface area contributed by atoms with Crippen LogP contribution in [0.25, 0.3) is 0 Å². The van der Waals surface area contributed by atoms with Crippen LogP contribution in [-0.4, -0.2) is 61.2 Å². The summed E-state index contributed by atoms with van der Waals surface area (Å²) in [5, 5.41) is 3.72. The summed E-state index contributed by atoms with van der Waals surface area (Å²) in [6, 6.07) is 0.720. The van der Waals surface area contributed by atoms with Crippen molar-refractivity contribution in [3.8, 4) is 0 Å². The summed E-state index contributed by atoms with van der Waals surface area (Å²) in [5.74, 6) is 0. The molecule has 1 heterocycles. The third kappa shape index (κ3) is 6.66. The molecule has 1 aliphatic heterocycles. The van der Waals surface area contributed by atoms with Crippen molar-refractivity contribution in [2.24, 2.45) is 5.41 Å². The van der Waals surface area contributed by atoms with E-state index in [0.29, 0.717) is 5.41 Å². The van der Waals surface area contributed by atoms with Crippen LogP contribution in [0.15, 0.2) is 0 Å². The zero-order valence-corrected chi connectivity index (χ0v) is 15.6. The minimum absolute atomic E-state index is 0.208. The zero-order valence-electron chi connectivity index (χ0n) is 15.6. The van der Waals surface area contributed by atoms with Crippen LogP contribution in [0.1, 0.15) is 60.8 Å². The summed E-state index contributed by atoms with van der Waals surface area (Å²) in [5.41, 5.74) is 0.573. The maximum Gasteiger partial charge on any atom is 0.0220 e. The minimum Gasteiger partial charge on any atom is -0.311 e. The molecular formula is C18H39N3. The largest absolute Gasteiger partial charge is 0.311 e. The first-order valence-corrected chi connectivity index (χ1v) is 8.87. The maximum absolute atomic E-state index is 3.72. The van der Waals surface area contributed by atoms with Crippen LogP contribution < -0.4 is 5.32 Å². The van der Waals surface area contributed by atoms with Gasteiger partial charge in [0.05, 0.1) is 0 Å². The van der Waals surface area contributed by atoms with Gasteiger partial charge in [-0.05, 0) is 65.6 Å². The lowest BCUT2D eigenvalue weighted by atomic mass is 9.85. The van der Waals surface area contributed by atoms with E-state index in [9.17, 15) is 0 Å². The molecule has 1 saturated heterocycles. The highest BCUT2D eigenvalue weighted by Gasteiger charge is 2.31. The van der Waals surface area contributed by atoms with Gasteiger partial charge >= 0.3 is 0 Å². The molecule has 0 aromatic heterocycles. The molecule has 2 unspecified atom stereocenters. The highest BCUT2D eigenvalue weighted by molar-refractivity contribution is 4.87. The zero-order chi connectivity index (χ0) is 16.1. The predicted molar refractivity (Wildman–Crippen MR) is 93.9 cm³/mol. The van der Waals surface area contributed by atoms with E-state index in [1.54, 1.807) is 0 Å². The van der Waals surface area contributed by atoms with Crippen LogP contribution in [0.3, 0.4) is 0 Å².